The second-order valence-electron chi connectivity index (χ2n) is 9.95. The van der Waals surface area contributed by atoms with Gasteiger partial charge in [-0.15, -0.1) is 11.3 Å². The van der Waals surface area contributed by atoms with Gasteiger partial charge in [0.1, 0.15) is 17.5 Å². The highest BCUT2D eigenvalue weighted by atomic mass is 35.5. The normalized spacial score (nSPS) is 16.9. The van der Waals surface area contributed by atoms with Crippen molar-refractivity contribution in [3.63, 3.8) is 0 Å². The number of piperidine rings is 1. The molecule has 208 valence electrons. The highest BCUT2D eigenvalue weighted by Gasteiger charge is 2.36. The van der Waals surface area contributed by atoms with Crippen molar-refractivity contribution in [2.24, 2.45) is 0 Å². The molecular weight excluding hydrogens is 548 g/mol. The third-order valence-corrected chi connectivity index (χ3v) is 8.16. The molecule has 0 aromatic carbocycles. The molecule has 5 heterocycles. The molecule has 3 aromatic heterocycles. The molecule has 3 aromatic rings. The number of nitrogens with one attached hydrogen (secondary N) is 1. The second kappa shape index (κ2) is 11.4. The van der Waals surface area contributed by atoms with Crippen molar-refractivity contribution >= 4 is 40.9 Å². The Morgan fingerprint density at radius 1 is 1.23 bits per heavy atom. The predicted octanol–water partition coefficient (Wildman–Crippen LogP) is 3.42. The number of nitrogens with zero attached hydrogens (tertiary/aromatic N) is 5. The number of likely N-dealkylation sites (tertiary alicyclic amines) is 2. The van der Waals surface area contributed by atoms with Crippen LogP contribution in [-0.4, -0.2) is 92.2 Å². The van der Waals surface area contributed by atoms with Gasteiger partial charge in [0.2, 0.25) is 0 Å². The van der Waals surface area contributed by atoms with Gasteiger partial charge in [0.15, 0.2) is 11.5 Å². The van der Waals surface area contributed by atoms with Crippen LogP contribution in [0.15, 0.2) is 28.8 Å². The number of carbonyl (C=O) groups excluding carboxylic acids is 2. The summed E-state index contributed by atoms with van der Waals surface area (Å²) in [5.41, 5.74) is 0.833. The number of carbonyl (C=O) groups is 3. The van der Waals surface area contributed by atoms with Gasteiger partial charge in [0.25, 0.3) is 11.8 Å². The molecule has 0 saturated carbocycles. The van der Waals surface area contributed by atoms with Crippen molar-refractivity contribution in [2.75, 3.05) is 26.2 Å². The van der Waals surface area contributed by atoms with E-state index in [9.17, 15) is 14.4 Å². The van der Waals surface area contributed by atoms with Gasteiger partial charge in [-0.3, -0.25) is 14.3 Å². The standard InChI is InChI=1S/C25H29ClN6O6S/c1-14(2)30-7-5-15(6-8-30)27-23(33)19-10-18(24(34)31-12-17(13-31)37-25(35)36)28-32(19)11-16-9-20(38-29-16)21-3-4-22(26)39-21/h3-4,9-10,14-15,17H,5-8,11-13H2,1-2H3,(H,27,33)(H,35,36). The minimum atomic E-state index is -1.38. The zero-order valence-electron chi connectivity index (χ0n) is 21.5. The topological polar surface area (TPSA) is 143 Å². The Morgan fingerprint density at radius 3 is 2.62 bits per heavy atom. The first-order chi connectivity index (χ1) is 18.7. The van der Waals surface area contributed by atoms with Gasteiger partial charge < -0.3 is 29.5 Å². The molecule has 2 aliphatic rings. The molecule has 0 radical (unpaired) electrons. The summed E-state index contributed by atoms with van der Waals surface area (Å²) in [6.07, 6.45) is -0.296. The fourth-order valence-electron chi connectivity index (χ4n) is 4.73. The van der Waals surface area contributed by atoms with E-state index in [0.29, 0.717) is 21.8 Å². The number of rotatable bonds is 8. The molecule has 0 atom stereocenters. The third-order valence-electron chi connectivity index (χ3n) is 6.92. The molecule has 2 N–H and O–H groups in total. The van der Waals surface area contributed by atoms with E-state index in [0.717, 1.165) is 30.8 Å². The maximum absolute atomic E-state index is 13.4. The van der Waals surface area contributed by atoms with Crippen LogP contribution >= 0.6 is 22.9 Å². The van der Waals surface area contributed by atoms with Crippen molar-refractivity contribution < 1.29 is 28.8 Å². The first-order valence-electron chi connectivity index (χ1n) is 12.7. The Morgan fingerprint density at radius 2 is 1.97 bits per heavy atom. The van der Waals surface area contributed by atoms with E-state index in [2.05, 4.69) is 34.3 Å². The molecule has 0 bridgehead atoms. The molecule has 0 unspecified atom stereocenters. The Labute approximate surface area is 233 Å². The Bertz CT molecular complexity index is 1350. The van der Waals surface area contributed by atoms with Crippen molar-refractivity contribution in [2.45, 2.75) is 51.4 Å². The van der Waals surface area contributed by atoms with Crippen LogP contribution in [0.25, 0.3) is 10.6 Å². The molecule has 39 heavy (non-hydrogen) atoms. The number of hydrogen-bond acceptors (Lipinski definition) is 9. The van der Waals surface area contributed by atoms with Crippen LogP contribution < -0.4 is 5.32 Å². The number of ether oxygens (including phenoxy) is 1. The van der Waals surface area contributed by atoms with Crippen molar-refractivity contribution in [1.82, 2.24) is 30.1 Å². The number of hydrogen-bond donors (Lipinski definition) is 2. The summed E-state index contributed by atoms with van der Waals surface area (Å²) in [5, 5.41) is 20.4. The average molecular weight is 577 g/mol. The predicted molar refractivity (Wildman–Crippen MR) is 142 cm³/mol. The number of aromatic nitrogens is 3. The molecule has 0 spiro atoms. The van der Waals surface area contributed by atoms with Crippen LogP contribution in [0.3, 0.4) is 0 Å². The van der Waals surface area contributed by atoms with E-state index in [1.807, 2.05) is 6.07 Å². The van der Waals surface area contributed by atoms with E-state index >= 15 is 0 Å². The SMILES string of the molecule is CC(C)N1CCC(NC(=O)c2cc(C(=O)N3CC(OC(=O)O)C3)nn2Cc2cc(-c3ccc(Cl)s3)on2)CC1. The van der Waals surface area contributed by atoms with E-state index < -0.39 is 18.2 Å². The molecule has 0 aliphatic carbocycles. The summed E-state index contributed by atoms with van der Waals surface area (Å²) in [6, 6.07) is 7.28. The number of thiophene rings is 1. The van der Waals surface area contributed by atoms with Crippen molar-refractivity contribution in [3.05, 3.63) is 45.7 Å². The quantitative estimate of drug-likeness (QED) is 0.385. The first kappa shape index (κ1) is 27.2. The van der Waals surface area contributed by atoms with Crippen LogP contribution in [0.5, 0.6) is 0 Å². The smallest absolute Gasteiger partial charge is 0.450 e. The fourth-order valence-corrected chi connectivity index (χ4v) is 5.72. The summed E-state index contributed by atoms with van der Waals surface area (Å²) < 4.78 is 12.2. The summed E-state index contributed by atoms with van der Waals surface area (Å²) in [4.78, 5) is 41.8. The summed E-state index contributed by atoms with van der Waals surface area (Å²) in [6.45, 7) is 6.48. The third kappa shape index (κ3) is 6.26. The van der Waals surface area contributed by atoms with Gasteiger partial charge in [-0.2, -0.15) is 5.10 Å². The van der Waals surface area contributed by atoms with Crippen molar-refractivity contribution in [1.29, 1.82) is 0 Å². The van der Waals surface area contributed by atoms with Gasteiger partial charge in [-0.1, -0.05) is 16.8 Å². The second-order valence-corrected chi connectivity index (χ2v) is 11.7. The molecule has 2 saturated heterocycles. The van der Waals surface area contributed by atoms with Gasteiger partial charge in [0, 0.05) is 37.3 Å². The molecule has 12 nitrogen and oxygen atoms in total. The van der Waals surface area contributed by atoms with Crippen molar-refractivity contribution in [3.8, 4) is 10.6 Å². The van der Waals surface area contributed by atoms with Crippen LogP contribution in [0, 0.1) is 0 Å². The lowest BCUT2D eigenvalue weighted by atomic mass is 10.0. The summed E-state index contributed by atoms with van der Waals surface area (Å²) in [5.74, 6) is -0.195. The first-order valence-corrected chi connectivity index (χ1v) is 13.9. The van der Waals surface area contributed by atoms with E-state index in [1.54, 1.807) is 12.1 Å². The molecule has 5 rings (SSSR count). The maximum Gasteiger partial charge on any atom is 0.506 e. The number of amides is 2. The largest absolute Gasteiger partial charge is 0.506 e. The van der Waals surface area contributed by atoms with E-state index in [1.165, 1.54) is 27.0 Å². The average Bonchev–Trinajstić information content (AvgIpc) is 3.61. The number of halogens is 1. The minimum absolute atomic E-state index is 0.0153. The summed E-state index contributed by atoms with van der Waals surface area (Å²) >= 11 is 7.39. The van der Waals surface area contributed by atoms with Crippen LogP contribution in [-0.2, 0) is 11.3 Å². The monoisotopic (exact) mass is 576 g/mol. The molecule has 2 amide bonds. The van der Waals surface area contributed by atoms with E-state index in [-0.39, 0.29) is 43.0 Å². The summed E-state index contributed by atoms with van der Waals surface area (Å²) in [7, 11) is 0. The molecule has 2 aliphatic heterocycles. The van der Waals surface area contributed by atoms with Gasteiger partial charge >= 0.3 is 6.16 Å². The minimum Gasteiger partial charge on any atom is -0.450 e. The molecule has 2 fully saturated rings. The zero-order chi connectivity index (χ0) is 27.7. The highest BCUT2D eigenvalue weighted by molar-refractivity contribution is 7.19. The van der Waals surface area contributed by atoms with Crippen LogP contribution in [0.2, 0.25) is 4.34 Å². The Kier molecular flexibility index (Phi) is 7.91. The fraction of sp³-hybridized carbons (Fsp3) is 0.480. The van der Waals surface area contributed by atoms with Gasteiger partial charge in [-0.25, -0.2) is 4.79 Å². The zero-order valence-corrected chi connectivity index (χ0v) is 23.1. The Balaban J connectivity index is 1.33. The van der Waals surface area contributed by atoms with Crippen LogP contribution in [0.1, 0.15) is 53.4 Å². The van der Waals surface area contributed by atoms with Gasteiger partial charge in [-0.05, 0) is 38.8 Å². The van der Waals surface area contributed by atoms with Crippen LogP contribution in [0.4, 0.5) is 4.79 Å². The number of carboxylic acid groups (broad SMARTS) is 1. The maximum atomic E-state index is 13.4. The lowest BCUT2D eigenvalue weighted by molar-refractivity contribution is -0.0246. The Hall–Kier alpha value is -3.42. The molecular formula is C25H29ClN6O6S. The lowest BCUT2D eigenvalue weighted by Crippen LogP contribution is -2.55. The highest BCUT2D eigenvalue weighted by Crippen LogP contribution is 2.31. The lowest BCUT2D eigenvalue weighted by Gasteiger charge is -2.37. The molecule has 14 heteroatoms. The van der Waals surface area contributed by atoms with Gasteiger partial charge in [0.05, 0.1) is 28.8 Å². The van der Waals surface area contributed by atoms with E-state index in [4.69, 9.17) is 26.0 Å².